The average molecular weight is 335 g/mol. The topological polar surface area (TPSA) is 42.7 Å². The van der Waals surface area contributed by atoms with E-state index >= 15 is 0 Å². The normalized spacial score (nSPS) is 17.2. The highest BCUT2D eigenvalue weighted by Gasteiger charge is 2.30. The minimum Gasteiger partial charge on any atom is -0.497 e. The molecule has 1 fully saturated rings. The van der Waals surface area contributed by atoms with Gasteiger partial charge in [0.05, 0.1) is 7.11 Å². The Labute approximate surface area is 147 Å². The molecule has 2 aromatic carbocycles. The van der Waals surface area contributed by atoms with Crippen molar-refractivity contribution in [3.8, 4) is 16.9 Å². The van der Waals surface area contributed by atoms with Gasteiger partial charge in [-0.15, -0.1) is 0 Å². The van der Waals surface area contributed by atoms with E-state index in [1.165, 1.54) is 0 Å². The van der Waals surface area contributed by atoms with Crippen LogP contribution >= 0.6 is 0 Å². The van der Waals surface area contributed by atoms with Crippen molar-refractivity contribution in [2.24, 2.45) is 5.92 Å². The highest BCUT2D eigenvalue weighted by atomic mass is 16.5. The molecule has 1 aliphatic rings. The quantitative estimate of drug-likeness (QED) is 0.703. The van der Waals surface area contributed by atoms with Gasteiger partial charge in [0, 0.05) is 30.1 Å². The van der Waals surface area contributed by atoms with Gasteiger partial charge in [-0.05, 0) is 30.0 Å². The van der Waals surface area contributed by atoms with Gasteiger partial charge in [-0.25, -0.2) is 0 Å². The number of ether oxygens (including phenoxy) is 1. The molecule has 1 aromatic heterocycles. The third-order valence-electron chi connectivity index (χ3n) is 4.86. The summed E-state index contributed by atoms with van der Waals surface area (Å²) in [6.45, 7) is 3.75. The fourth-order valence-electron chi connectivity index (χ4n) is 3.51. The molecule has 1 amide bonds. The van der Waals surface area contributed by atoms with Crippen molar-refractivity contribution in [3.63, 3.8) is 0 Å². The molecule has 4 rings (SSSR count). The van der Waals surface area contributed by atoms with Crippen LogP contribution in [0.5, 0.6) is 5.75 Å². The maximum atomic E-state index is 13.1. The van der Waals surface area contributed by atoms with Gasteiger partial charge in [0.1, 0.15) is 11.3 Å². The van der Waals surface area contributed by atoms with Gasteiger partial charge >= 0.3 is 0 Å². The summed E-state index contributed by atoms with van der Waals surface area (Å²) < 4.78 is 11.3. The third-order valence-corrected chi connectivity index (χ3v) is 4.86. The van der Waals surface area contributed by atoms with E-state index in [1.807, 2.05) is 53.4 Å². The van der Waals surface area contributed by atoms with Crippen LogP contribution in [0, 0.1) is 5.92 Å². The van der Waals surface area contributed by atoms with Crippen molar-refractivity contribution in [2.45, 2.75) is 13.3 Å². The lowest BCUT2D eigenvalue weighted by atomic mass is 10.0. The van der Waals surface area contributed by atoms with Gasteiger partial charge in [0.2, 0.25) is 5.76 Å². The minimum atomic E-state index is -0.0293. The number of carbonyl (C=O) groups is 1. The molecule has 1 atom stereocenters. The second-order valence-electron chi connectivity index (χ2n) is 6.68. The molecule has 0 saturated carbocycles. The second-order valence-corrected chi connectivity index (χ2v) is 6.68. The first kappa shape index (κ1) is 15.8. The summed E-state index contributed by atoms with van der Waals surface area (Å²) in [5, 5.41) is 0.933. The fourth-order valence-corrected chi connectivity index (χ4v) is 3.51. The van der Waals surface area contributed by atoms with E-state index in [9.17, 15) is 4.79 Å². The van der Waals surface area contributed by atoms with E-state index < -0.39 is 0 Å². The van der Waals surface area contributed by atoms with Gasteiger partial charge < -0.3 is 14.1 Å². The van der Waals surface area contributed by atoms with E-state index in [1.54, 1.807) is 7.11 Å². The van der Waals surface area contributed by atoms with Gasteiger partial charge in [0.15, 0.2) is 0 Å². The zero-order valence-corrected chi connectivity index (χ0v) is 14.5. The number of benzene rings is 2. The largest absolute Gasteiger partial charge is 0.497 e. The van der Waals surface area contributed by atoms with Crippen molar-refractivity contribution in [3.05, 3.63) is 54.3 Å². The van der Waals surface area contributed by atoms with Crippen LogP contribution in [0.15, 0.2) is 52.9 Å². The molecule has 1 saturated heterocycles. The number of likely N-dealkylation sites (tertiary alicyclic amines) is 1. The Morgan fingerprint density at radius 1 is 1.20 bits per heavy atom. The summed E-state index contributed by atoms with van der Waals surface area (Å²) in [7, 11) is 1.62. The first-order valence-electron chi connectivity index (χ1n) is 8.62. The number of furan rings is 1. The van der Waals surface area contributed by atoms with E-state index in [-0.39, 0.29) is 5.91 Å². The van der Waals surface area contributed by atoms with E-state index in [0.717, 1.165) is 41.8 Å². The maximum absolute atomic E-state index is 13.1. The van der Waals surface area contributed by atoms with Gasteiger partial charge in [0.25, 0.3) is 5.91 Å². The summed E-state index contributed by atoms with van der Waals surface area (Å²) in [6, 6.07) is 15.6. The van der Waals surface area contributed by atoms with Crippen LogP contribution in [0.25, 0.3) is 22.1 Å². The lowest BCUT2D eigenvalue weighted by molar-refractivity contribution is 0.0760. The molecule has 4 nitrogen and oxygen atoms in total. The predicted octanol–water partition coefficient (Wildman–Crippen LogP) is 4.59. The second kappa shape index (κ2) is 6.28. The van der Waals surface area contributed by atoms with E-state index in [0.29, 0.717) is 17.3 Å². The van der Waals surface area contributed by atoms with Gasteiger partial charge in [-0.1, -0.05) is 37.3 Å². The van der Waals surface area contributed by atoms with Crippen molar-refractivity contribution >= 4 is 16.9 Å². The summed E-state index contributed by atoms with van der Waals surface area (Å²) in [5.74, 6) is 1.64. The van der Waals surface area contributed by atoms with Gasteiger partial charge in [-0.2, -0.15) is 0 Å². The molecule has 3 aromatic rings. The molecule has 0 radical (unpaired) electrons. The van der Waals surface area contributed by atoms with Crippen molar-refractivity contribution in [1.82, 2.24) is 4.90 Å². The third kappa shape index (κ3) is 2.78. The Morgan fingerprint density at radius 3 is 2.68 bits per heavy atom. The number of nitrogens with zero attached hydrogens (tertiary/aromatic N) is 1. The number of carbonyl (C=O) groups excluding carboxylic acids is 1. The van der Waals surface area contributed by atoms with Crippen LogP contribution in [0.1, 0.15) is 23.9 Å². The van der Waals surface area contributed by atoms with Crippen LogP contribution in [0.4, 0.5) is 0 Å². The Kier molecular flexibility index (Phi) is 3.96. The van der Waals surface area contributed by atoms with E-state index in [4.69, 9.17) is 9.15 Å². The van der Waals surface area contributed by atoms with Crippen LogP contribution in [0.3, 0.4) is 0 Å². The van der Waals surface area contributed by atoms with E-state index in [2.05, 4.69) is 6.92 Å². The van der Waals surface area contributed by atoms with Gasteiger partial charge in [-0.3, -0.25) is 4.79 Å². The first-order chi connectivity index (χ1) is 12.2. The van der Waals surface area contributed by atoms with Crippen LogP contribution in [0.2, 0.25) is 0 Å². The summed E-state index contributed by atoms with van der Waals surface area (Å²) >= 11 is 0. The number of rotatable bonds is 3. The molecule has 0 bridgehead atoms. The fraction of sp³-hybridized carbons (Fsp3) is 0.286. The average Bonchev–Trinajstić information content (AvgIpc) is 3.24. The Hall–Kier alpha value is -2.75. The zero-order valence-electron chi connectivity index (χ0n) is 14.5. The molecular formula is C21H21NO3. The van der Waals surface area contributed by atoms with Crippen LogP contribution < -0.4 is 4.74 Å². The van der Waals surface area contributed by atoms with Crippen molar-refractivity contribution < 1.29 is 13.9 Å². The molecule has 0 aliphatic carbocycles. The monoisotopic (exact) mass is 335 g/mol. The predicted molar refractivity (Wildman–Crippen MR) is 97.9 cm³/mol. The summed E-state index contributed by atoms with van der Waals surface area (Å²) in [4.78, 5) is 15.0. The molecule has 0 spiro atoms. The van der Waals surface area contributed by atoms with Crippen LogP contribution in [-0.4, -0.2) is 31.0 Å². The van der Waals surface area contributed by atoms with Crippen molar-refractivity contribution in [1.29, 1.82) is 0 Å². The number of amides is 1. The maximum Gasteiger partial charge on any atom is 0.290 e. The lowest BCUT2D eigenvalue weighted by Crippen LogP contribution is -2.28. The number of fused-ring (bicyclic) bond motifs is 1. The van der Waals surface area contributed by atoms with Crippen molar-refractivity contribution in [2.75, 3.05) is 20.2 Å². The Morgan fingerprint density at radius 2 is 2.00 bits per heavy atom. The summed E-state index contributed by atoms with van der Waals surface area (Å²) in [6.07, 6.45) is 1.04. The molecule has 128 valence electrons. The smallest absolute Gasteiger partial charge is 0.290 e. The minimum absolute atomic E-state index is 0.0293. The highest BCUT2D eigenvalue weighted by Crippen LogP contribution is 2.37. The first-order valence-corrected chi connectivity index (χ1v) is 8.62. The molecule has 0 N–H and O–H groups in total. The molecular weight excluding hydrogens is 314 g/mol. The molecule has 1 aliphatic heterocycles. The molecule has 2 heterocycles. The Balaban J connectivity index is 1.88. The molecule has 4 heteroatoms. The standard InChI is InChI=1S/C21H21NO3/c1-14-10-11-22(13-14)21(23)20-19(15-6-4-3-5-7-15)17-9-8-16(24-2)12-18(17)25-20/h3-9,12,14H,10-11,13H2,1-2H3. The highest BCUT2D eigenvalue weighted by molar-refractivity contribution is 6.08. The number of hydrogen-bond donors (Lipinski definition) is 0. The summed E-state index contributed by atoms with van der Waals surface area (Å²) in [5.41, 5.74) is 2.53. The Bertz CT molecular complexity index is 914. The number of methoxy groups -OCH3 is 1. The molecule has 25 heavy (non-hydrogen) atoms. The SMILES string of the molecule is COc1ccc2c(-c3ccccc3)c(C(=O)N3CCC(C)C3)oc2c1. The zero-order chi connectivity index (χ0) is 17.4. The lowest BCUT2D eigenvalue weighted by Gasteiger charge is -2.15. The van der Waals surface area contributed by atoms with Crippen LogP contribution in [-0.2, 0) is 0 Å². The number of hydrogen-bond acceptors (Lipinski definition) is 3. The molecule has 1 unspecified atom stereocenters.